The zero-order valence-corrected chi connectivity index (χ0v) is 102. The topological polar surface area (TPSA) is 494 Å². The van der Waals surface area contributed by atoms with Gasteiger partial charge >= 0.3 is 474 Å². The predicted octanol–water partition coefficient (Wildman–Crippen LogP) is -8.49. The van der Waals surface area contributed by atoms with Gasteiger partial charge in [-0.05, 0) is 109 Å². The summed E-state index contributed by atoms with van der Waals surface area (Å²) in [6.07, 6.45) is 23.7. The number of unbranched alkanes of at least 4 members (excludes halogenated alkanes) is 1. The largest absolute Gasteiger partial charge is 1.00 e. The van der Waals surface area contributed by atoms with Crippen molar-refractivity contribution >= 4 is 122 Å². The molecule has 6 N–H and O–H groups in total. The summed E-state index contributed by atoms with van der Waals surface area (Å²) >= 11 is 4.10. The fourth-order valence-corrected chi connectivity index (χ4v) is 11.0. The van der Waals surface area contributed by atoms with E-state index in [0.717, 1.165) is 48.4 Å². The molecule has 0 unspecified atom stereocenters. The number of ether oxygens (including phenoxy) is 8. The van der Waals surface area contributed by atoms with Gasteiger partial charge in [0.2, 0.25) is 0 Å². The Kier molecular flexibility index (Phi) is 322. The van der Waals surface area contributed by atoms with Crippen LogP contribution in [0.3, 0.4) is 0 Å². The number of carboxylic acids is 1. The third-order valence-corrected chi connectivity index (χ3v) is 20.1. The zero-order chi connectivity index (χ0) is 96.1. The smallest absolute Gasteiger partial charge is 1.00 e. The summed E-state index contributed by atoms with van der Waals surface area (Å²) in [4.78, 5) is 113. The summed E-state index contributed by atoms with van der Waals surface area (Å²) < 4.78 is 36.1. The molecule has 0 amide bonds. The van der Waals surface area contributed by atoms with E-state index in [1.165, 1.54) is 40.4 Å². The minimum absolute atomic E-state index is 0. The fraction of sp³-hybridized carbons (Fsp3) is 0.521. The van der Waals surface area contributed by atoms with E-state index in [9.17, 15) is 53.7 Å². The maximum Gasteiger partial charge on any atom is 1.00 e. The normalized spacial score (nSPS) is 8.81. The molecule has 0 radical (unpaired) electrons. The molecule has 0 atom stereocenters. The second-order valence-electron chi connectivity index (χ2n) is 21.4. The van der Waals surface area contributed by atoms with Crippen molar-refractivity contribution in [1.82, 2.24) is 0 Å². The minimum atomic E-state index is -3.03. The molecule has 0 aliphatic rings. The summed E-state index contributed by atoms with van der Waals surface area (Å²) in [5.74, 6) is -3.00. The number of carbonyl (C=O) groups is 11. The van der Waals surface area contributed by atoms with Crippen LogP contribution in [0, 0.1) is 0 Å². The third kappa shape index (κ3) is 194. The molecule has 0 fully saturated rings. The number of aliphatic hydroxyl groups excluding tert-OH is 6. The Morgan fingerprint density at radius 2 is 0.785 bits per heavy atom. The van der Waals surface area contributed by atoms with E-state index in [1.807, 2.05) is 75.4 Å². The minimum Gasteiger partial charge on any atom is -1.00 e. The van der Waals surface area contributed by atoms with Gasteiger partial charge < -0.3 is 117 Å². The molecule has 0 aliphatic heterocycles. The Labute approximate surface area is 1090 Å². The van der Waals surface area contributed by atoms with Crippen LogP contribution in [0.1, 0.15) is 228 Å². The van der Waals surface area contributed by atoms with Gasteiger partial charge in [0.1, 0.15) is 32.1 Å². The van der Waals surface area contributed by atoms with Gasteiger partial charge in [0.05, 0.1) is 58.5 Å². The summed E-state index contributed by atoms with van der Waals surface area (Å²) in [6, 6.07) is 30.8. The molecule has 0 aliphatic carbocycles. The molecule has 0 heterocycles. The number of halogens is 1. The van der Waals surface area contributed by atoms with Crippen LogP contribution in [0.5, 0.6) is 0 Å². The summed E-state index contributed by atoms with van der Waals surface area (Å²) in [6.45, 7) is 40.5. The number of hydrogen-bond acceptors (Lipinski definition) is 31. The van der Waals surface area contributed by atoms with Crippen molar-refractivity contribution < 1.29 is 461 Å². The van der Waals surface area contributed by atoms with E-state index < -0.39 is 28.8 Å². The van der Waals surface area contributed by atoms with Gasteiger partial charge in [-0.1, -0.05) is 168 Å². The fourth-order valence-electron chi connectivity index (χ4n) is 5.08. The number of carbonyl (C=O) groups excluding carboxylic acids is 11. The van der Waals surface area contributed by atoms with E-state index in [4.69, 9.17) is 50.4 Å². The maximum absolute atomic E-state index is 11.1. The van der Waals surface area contributed by atoms with Crippen molar-refractivity contribution in [2.75, 3.05) is 108 Å². The average molecular weight is 2170 g/mol. The molecule has 0 bridgehead atoms. The monoisotopic (exact) mass is 2170 g/mol. The SMILES string of the molecule is C.C.C.C.C.C.C.C.C/C=C(\C)C(=O)OC(=O)/C(C)=C/C.C/C=C(\C)C(=O)[O-].C/C=C/CO.C/C=C/CO.C/C=C/OC(=O)/C(C)=C/C.C=CCOC.CC(C)(C)[O-].CC=O.CCC=O.CCCCO.CCOC(=O)CC.CCOC(=O)COC.CO.COCC=O.COCCO.O=CO[O-].O=CO[O-].OCP(Br)(c1ccccc1)(c1ccccc1)c1ccccc1.[AlH3].[H-].[H-].[H-].[K+].[K+].[K+].[K+].[K+].[Li+].[Na+]. The van der Waals surface area contributed by atoms with Crippen molar-refractivity contribution in [3.63, 3.8) is 0 Å². The van der Waals surface area contributed by atoms with E-state index in [1.54, 1.807) is 166 Å². The number of esters is 5. The first-order valence-electron chi connectivity index (χ1n) is 36.6. The van der Waals surface area contributed by atoms with Crippen LogP contribution in [0.15, 0.2) is 187 Å². The quantitative estimate of drug-likeness (QED) is 0.00353. The molecule has 0 spiro atoms. The number of aliphatic hydroxyl groups is 6. The maximum atomic E-state index is 11.1. The van der Waals surface area contributed by atoms with E-state index in [2.05, 4.69) is 113 Å². The van der Waals surface area contributed by atoms with Crippen LogP contribution < -0.4 is 342 Å². The molecule has 3 aromatic rings. The van der Waals surface area contributed by atoms with Crippen molar-refractivity contribution in [1.29, 1.82) is 0 Å². The number of allylic oxidation sites excluding steroid dienone is 7. The molecule has 3 aromatic carbocycles. The van der Waals surface area contributed by atoms with Crippen molar-refractivity contribution in [2.24, 2.45) is 0 Å². The summed E-state index contributed by atoms with van der Waals surface area (Å²) in [7, 11) is 7.13. The van der Waals surface area contributed by atoms with Gasteiger partial charge in [0.15, 0.2) is 17.4 Å². The number of aliphatic carboxylic acids is 1. The van der Waals surface area contributed by atoms with Gasteiger partial charge in [-0.15, -0.1) is 12.2 Å². The molecule has 766 valence electrons. The van der Waals surface area contributed by atoms with Crippen LogP contribution in [0.2, 0.25) is 0 Å². The first-order chi connectivity index (χ1) is 56.4. The number of aldehydes is 3. The first-order valence-corrected chi connectivity index (χ1v) is 41.1. The Morgan fingerprint density at radius 3 is 0.904 bits per heavy atom. The second kappa shape index (κ2) is 193. The number of benzene rings is 3. The van der Waals surface area contributed by atoms with Crippen LogP contribution in [-0.2, 0) is 100 Å². The van der Waals surface area contributed by atoms with Crippen molar-refractivity contribution in [3.05, 3.63) is 187 Å². The zero-order valence-electron chi connectivity index (χ0n) is 84.9. The third-order valence-electron chi connectivity index (χ3n) is 11.1. The molecule has 41 heteroatoms. The van der Waals surface area contributed by atoms with Crippen LogP contribution in [0.4, 0.5) is 0 Å². The summed E-state index contributed by atoms with van der Waals surface area (Å²) in [5, 5.41) is 86.7. The Bertz CT molecular complexity index is 2860. The number of rotatable bonds is 27. The van der Waals surface area contributed by atoms with Gasteiger partial charge in [-0.2, -0.15) is 0 Å². The van der Waals surface area contributed by atoms with Crippen LogP contribution >= 0.6 is 20.8 Å². The van der Waals surface area contributed by atoms with E-state index >= 15 is 0 Å². The number of methoxy groups -OCH3 is 4. The van der Waals surface area contributed by atoms with E-state index in [0.29, 0.717) is 68.9 Å². The molecule has 31 nitrogen and oxygen atoms in total. The molecule has 0 saturated heterocycles. The van der Waals surface area contributed by atoms with Crippen LogP contribution in [-0.4, -0.2) is 229 Å². The summed E-state index contributed by atoms with van der Waals surface area (Å²) in [5.41, 5.74) is 1.01. The van der Waals surface area contributed by atoms with Gasteiger partial charge in [0, 0.05) is 71.7 Å². The predicted molar refractivity (Wildman–Crippen MR) is 534 cm³/mol. The second-order valence-corrected chi connectivity index (χ2v) is 30.3. The molecular weight excluding hydrogens is 1990 g/mol. The molecule has 0 aromatic heterocycles. The van der Waals surface area contributed by atoms with Gasteiger partial charge in [-0.3, -0.25) is 14.4 Å². The van der Waals surface area contributed by atoms with Gasteiger partial charge in [-0.25, -0.2) is 19.2 Å². The Balaban J connectivity index is -0.0000000266. The molecule has 0 saturated carbocycles. The van der Waals surface area contributed by atoms with Crippen LogP contribution in [0.25, 0.3) is 0 Å². The first kappa shape index (κ1) is 225. The molecular formula is C94H182AlBrK5LiNaO31P. The Morgan fingerprint density at radius 1 is 0.496 bits per heavy atom. The number of carboxylic acid groups (broad SMARTS) is 1. The molecule has 3 rings (SSSR count). The average Bonchev–Trinajstić information content (AvgIpc) is 0.710. The van der Waals surface area contributed by atoms with E-state index in [-0.39, 0.29) is 462 Å². The van der Waals surface area contributed by atoms with Crippen molar-refractivity contribution in [2.45, 2.75) is 229 Å². The standard InChI is InChI=1S/C19H18BrOP.C10H14O3.C8H12O2.C5H10O3.C5H10O2.C5H8O2.C4H9O.C4H8O.C4H10O.2C4H8O.C3H8O2.C3H6O2.C3H6O.C2H4O.2CH2O3.CH4O.8CH4.Al.5K.Li.Na.6H/c20-22(16-21,17-10-4-1-5-11-17,18-12-6-2-7-13-18)19-14-8-3-9-15-19;1-5-7(3)9(11)13-10(12)8(4)6-2;1-4-6-10-8(9)7(3)5-2;1-3-8-5(6)4-7-2;1-3-5(6)7-4-2;1-3-4(2)5(6)7;1-4(2,3)5;1-3-4-5-2;3*1-2-3-4-5;2*1-5-3-2-4;1-2-3-4;1-2-3;2*2-1-4-3;1-2;;;;;;;;;;;;;;;;;;;;;;/h1-15,21H,16H2;5-6H,1-4H3;4-6H,1-3H3;3-4H2,1-2H3;3-4H2,1-2H3;3H,1-2H3,(H,6,7);1-3H3;3H,1,4H2,2H3;5H,2-4H2,1H3;2*2-3,5H,4H2,1H3;4H,2-3H2,1H3;2H,3H2,1H3;3H,2H2,1H3;2H,1H3;2*1,3H;2H,1H3;8*1H4;;;;;;;;;;;;;;/q;;;;;;-1;;;;;;;;;;;;;;;;;;;;;7*+1;;;;3*-1/p-3/b;7-5+,8-6+;6-4+,7-5+;;;4-3+;;;;2*3-2+;;;;;;;;;;;;;;;;;;;;;;;;;;;;;. The van der Waals surface area contributed by atoms with Crippen molar-refractivity contribution in [3.8, 4) is 0 Å². The number of hydrogen-bond donors (Lipinski definition) is 6. The Hall–Kier alpha value is 1.25. The van der Waals surface area contributed by atoms with Gasteiger partial charge in [0.25, 0.3) is 12.9 Å². The molecule has 135 heavy (non-hydrogen) atoms.